The maximum Gasteiger partial charge on any atom is 0.306 e. The molecule has 0 spiro atoms. The van der Waals surface area contributed by atoms with Crippen LogP contribution >= 0.6 is 0 Å². The number of rotatable bonds is 24. The summed E-state index contributed by atoms with van der Waals surface area (Å²) in [6.07, 6.45) is 23.2. The van der Waals surface area contributed by atoms with Crippen LogP contribution in [0.4, 0.5) is 0 Å². The second-order valence-electron chi connectivity index (χ2n) is 9.86. The van der Waals surface area contributed by atoms with Crippen molar-refractivity contribution in [3.63, 3.8) is 0 Å². The number of aliphatic hydroxyl groups is 1. The van der Waals surface area contributed by atoms with E-state index in [1.165, 1.54) is 44.9 Å². The first-order valence-corrected chi connectivity index (χ1v) is 14.4. The van der Waals surface area contributed by atoms with Crippen molar-refractivity contribution in [2.24, 2.45) is 0 Å². The average Bonchev–Trinajstić information content (AvgIpc) is 3.60. The third kappa shape index (κ3) is 18.5. The van der Waals surface area contributed by atoms with Gasteiger partial charge in [0.2, 0.25) is 0 Å². The average molecular weight is 497 g/mol. The Morgan fingerprint density at radius 1 is 0.800 bits per heavy atom. The lowest BCUT2D eigenvalue weighted by Gasteiger charge is -2.15. The normalized spacial score (nSPS) is 18.0. The predicted molar refractivity (Wildman–Crippen MR) is 140 cm³/mol. The number of epoxide rings is 1. The molecule has 1 fully saturated rings. The molecule has 0 saturated carbocycles. The molecule has 1 N–H and O–H groups in total. The molecule has 0 aromatic carbocycles. The topological polar surface area (TPSA) is 85.4 Å². The molecule has 0 amide bonds. The van der Waals surface area contributed by atoms with Gasteiger partial charge < -0.3 is 19.3 Å². The van der Waals surface area contributed by atoms with E-state index >= 15 is 0 Å². The monoisotopic (exact) mass is 496 g/mol. The van der Waals surface area contributed by atoms with Gasteiger partial charge in [0.05, 0.1) is 18.8 Å². The van der Waals surface area contributed by atoms with Gasteiger partial charge in [-0.05, 0) is 38.5 Å². The Morgan fingerprint density at radius 2 is 1.43 bits per heavy atom. The predicted octanol–water partition coefficient (Wildman–Crippen LogP) is 6.82. The Bertz CT molecular complexity index is 561. The lowest BCUT2D eigenvalue weighted by Crippen LogP contribution is -2.28. The van der Waals surface area contributed by atoms with Gasteiger partial charge >= 0.3 is 11.9 Å². The summed E-state index contributed by atoms with van der Waals surface area (Å²) in [6, 6.07) is 0. The summed E-state index contributed by atoms with van der Waals surface area (Å²) in [7, 11) is 0. The van der Waals surface area contributed by atoms with Crippen molar-refractivity contribution in [3.8, 4) is 0 Å². The minimum atomic E-state index is -0.772. The number of allylic oxidation sites excluding steroid dienone is 1. The van der Waals surface area contributed by atoms with E-state index in [9.17, 15) is 14.7 Å². The van der Waals surface area contributed by atoms with E-state index in [1.54, 1.807) is 0 Å². The lowest BCUT2D eigenvalue weighted by molar-refractivity contribution is -0.161. The van der Waals surface area contributed by atoms with Crippen molar-refractivity contribution in [3.05, 3.63) is 12.2 Å². The van der Waals surface area contributed by atoms with Gasteiger partial charge in [0.25, 0.3) is 0 Å². The van der Waals surface area contributed by atoms with Crippen molar-refractivity contribution >= 4 is 11.9 Å². The van der Waals surface area contributed by atoms with Crippen LogP contribution in [0.15, 0.2) is 12.2 Å². The van der Waals surface area contributed by atoms with Crippen molar-refractivity contribution in [2.45, 2.75) is 148 Å². The summed E-state index contributed by atoms with van der Waals surface area (Å²) in [4.78, 5) is 23.8. The van der Waals surface area contributed by atoms with E-state index in [4.69, 9.17) is 14.2 Å². The number of ether oxygens (including phenoxy) is 3. The Kier molecular flexibility index (Phi) is 19.7. The quantitative estimate of drug-likeness (QED) is 0.0683. The zero-order valence-corrected chi connectivity index (χ0v) is 22.5. The summed E-state index contributed by atoms with van der Waals surface area (Å²) in [6.45, 7) is 3.97. The molecule has 1 rings (SSSR count). The van der Waals surface area contributed by atoms with Crippen molar-refractivity contribution in [2.75, 3.05) is 13.2 Å². The summed E-state index contributed by atoms with van der Waals surface area (Å²) in [5, 5.41) is 9.40. The molecule has 0 radical (unpaired) electrons. The van der Waals surface area contributed by atoms with E-state index < -0.39 is 6.10 Å². The highest BCUT2D eigenvalue weighted by Gasteiger charge is 2.36. The fourth-order valence-corrected chi connectivity index (χ4v) is 4.15. The van der Waals surface area contributed by atoms with Crippen molar-refractivity contribution in [1.82, 2.24) is 0 Å². The molecule has 6 nitrogen and oxygen atoms in total. The fourth-order valence-electron chi connectivity index (χ4n) is 4.15. The van der Waals surface area contributed by atoms with E-state index in [1.807, 2.05) is 0 Å². The van der Waals surface area contributed by atoms with Crippen LogP contribution in [0.5, 0.6) is 0 Å². The molecule has 0 aromatic rings. The van der Waals surface area contributed by atoms with E-state index in [-0.39, 0.29) is 25.2 Å². The molecule has 0 aromatic heterocycles. The van der Waals surface area contributed by atoms with Gasteiger partial charge in [-0.3, -0.25) is 9.59 Å². The van der Waals surface area contributed by atoms with Crippen molar-refractivity contribution in [1.29, 1.82) is 0 Å². The van der Waals surface area contributed by atoms with Crippen molar-refractivity contribution < 1.29 is 28.9 Å². The maximum atomic E-state index is 12.0. The number of unbranched alkanes of at least 4 members (excludes halogenated alkanes) is 11. The van der Waals surface area contributed by atoms with Crippen LogP contribution in [-0.2, 0) is 23.8 Å². The lowest BCUT2D eigenvalue weighted by atomic mass is 10.1. The zero-order valence-electron chi connectivity index (χ0n) is 22.5. The minimum Gasteiger partial charge on any atom is -0.462 e. The van der Waals surface area contributed by atoms with Crippen LogP contribution in [0.3, 0.4) is 0 Å². The molecule has 0 bridgehead atoms. The Morgan fingerprint density at radius 3 is 2.14 bits per heavy atom. The number of esters is 2. The summed E-state index contributed by atoms with van der Waals surface area (Å²) < 4.78 is 16.1. The molecule has 3 atom stereocenters. The number of hydrogen-bond donors (Lipinski definition) is 1. The molecule has 6 heteroatoms. The number of carbonyl (C=O) groups excluding carboxylic acids is 2. The molecule has 204 valence electrons. The summed E-state index contributed by atoms with van der Waals surface area (Å²) in [5.74, 6) is -0.629. The highest BCUT2D eigenvalue weighted by molar-refractivity contribution is 5.70. The standard InChI is InChI=1S/C29H52O6/c1-3-5-7-12-17-21-28(31)33-24-25(23-30)34-29(32)22-18-14-11-9-8-10-13-16-20-27-26(35-27)19-15-6-4-2/h13,16,25-27,30H,3-12,14-15,17-24H2,1-2H3/b16-13-/t25-,26?,27?/m0/s1. The van der Waals surface area contributed by atoms with Crippen LogP contribution in [-0.4, -0.2) is 48.6 Å². The Labute approximate surface area is 214 Å². The van der Waals surface area contributed by atoms with E-state index in [0.29, 0.717) is 25.0 Å². The van der Waals surface area contributed by atoms with Crippen LogP contribution in [0.2, 0.25) is 0 Å². The molecule has 35 heavy (non-hydrogen) atoms. The first-order chi connectivity index (χ1) is 17.1. The number of hydrogen-bond acceptors (Lipinski definition) is 6. The van der Waals surface area contributed by atoms with Crippen LogP contribution in [0.1, 0.15) is 129 Å². The first-order valence-electron chi connectivity index (χ1n) is 14.4. The highest BCUT2D eigenvalue weighted by Crippen LogP contribution is 2.30. The Balaban J connectivity index is 1.93. The second-order valence-corrected chi connectivity index (χ2v) is 9.86. The van der Waals surface area contributed by atoms with E-state index in [0.717, 1.165) is 57.8 Å². The third-order valence-electron chi connectivity index (χ3n) is 6.48. The van der Waals surface area contributed by atoms with E-state index in [2.05, 4.69) is 26.0 Å². The summed E-state index contributed by atoms with van der Waals surface area (Å²) in [5.41, 5.74) is 0. The molecule has 1 saturated heterocycles. The molecular weight excluding hydrogens is 444 g/mol. The van der Waals surface area contributed by atoms with Gasteiger partial charge in [-0.1, -0.05) is 90.2 Å². The van der Waals surface area contributed by atoms with Gasteiger partial charge in [-0.2, -0.15) is 0 Å². The smallest absolute Gasteiger partial charge is 0.306 e. The third-order valence-corrected chi connectivity index (χ3v) is 6.48. The fraction of sp³-hybridized carbons (Fsp3) is 0.862. The van der Waals surface area contributed by atoms with Gasteiger partial charge in [-0.25, -0.2) is 0 Å². The van der Waals surface area contributed by atoms with Gasteiger partial charge in [0.15, 0.2) is 6.10 Å². The second kappa shape index (κ2) is 21.8. The zero-order chi connectivity index (χ0) is 25.6. The maximum absolute atomic E-state index is 12.0. The largest absolute Gasteiger partial charge is 0.462 e. The van der Waals surface area contributed by atoms with Gasteiger partial charge in [0.1, 0.15) is 6.61 Å². The summed E-state index contributed by atoms with van der Waals surface area (Å²) >= 11 is 0. The number of carbonyl (C=O) groups is 2. The van der Waals surface area contributed by atoms with Gasteiger partial charge in [0, 0.05) is 12.8 Å². The minimum absolute atomic E-state index is 0.0735. The molecule has 0 aliphatic carbocycles. The van der Waals surface area contributed by atoms with Crippen LogP contribution in [0, 0.1) is 0 Å². The van der Waals surface area contributed by atoms with Crippen LogP contribution in [0.25, 0.3) is 0 Å². The number of aliphatic hydroxyl groups excluding tert-OH is 1. The molecule has 1 aliphatic rings. The van der Waals surface area contributed by atoms with Gasteiger partial charge in [-0.15, -0.1) is 0 Å². The molecule has 1 aliphatic heterocycles. The Hall–Kier alpha value is -1.40. The SMILES string of the molecule is CCCCCCCC(=O)OC[C@H](CO)OC(=O)CCCCCCC/C=C\CC1OC1CCCCC. The molecular formula is C29H52O6. The molecule has 2 unspecified atom stereocenters. The highest BCUT2D eigenvalue weighted by atomic mass is 16.6. The molecule has 1 heterocycles. The van der Waals surface area contributed by atoms with Crippen LogP contribution < -0.4 is 0 Å². The first kappa shape index (κ1) is 31.6.